The fourth-order valence-corrected chi connectivity index (χ4v) is 5.13. The van der Waals surface area contributed by atoms with Gasteiger partial charge in [-0.15, -0.1) is 0 Å². The van der Waals surface area contributed by atoms with Crippen LogP contribution in [-0.2, 0) is 6.61 Å². The van der Waals surface area contributed by atoms with Gasteiger partial charge in [0.15, 0.2) is 0 Å². The lowest BCUT2D eigenvalue weighted by Gasteiger charge is -2.15. The molecule has 0 saturated heterocycles. The van der Waals surface area contributed by atoms with Gasteiger partial charge in [0.1, 0.15) is 18.0 Å². The van der Waals surface area contributed by atoms with Crippen molar-refractivity contribution in [3.8, 4) is 22.6 Å². The molecule has 0 atom stereocenters. The number of carbonyl (C=O) groups is 1. The van der Waals surface area contributed by atoms with E-state index in [9.17, 15) is 9.90 Å². The summed E-state index contributed by atoms with van der Waals surface area (Å²) in [5.41, 5.74) is 6.69. The minimum absolute atomic E-state index is 0.238. The van der Waals surface area contributed by atoms with Gasteiger partial charge in [0.05, 0.1) is 27.5 Å². The molecule has 2 heterocycles. The maximum absolute atomic E-state index is 11.4. The number of aryl methyl sites for hydroxylation is 1. The average Bonchev–Trinajstić information content (AvgIpc) is 3.47. The zero-order valence-corrected chi connectivity index (χ0v) is 22.1. The van der Waals surface area contributed by atoms with Crippen LogP contribution in [0.25, 0.3) is 27.7 Å². The number of H-pyrrole nitrogens is 1. The van der Waals surface area contributed by atoms with Crippen LogP contribution >= 0.6 is 23.2 Å². The molecule has 0 fully saturated rings. The summed E-state index contributed by atoms with van der Waals surface area (Å²) >= 11 is 12.9. The fraction of sp³-hybridized carbons (Fsp3) is 0.172. The number of ether oxygens (including phenoxy) is 1. The van der Waals surface area contributed by atoms with Gasteiger partial charge in [-0.05, 0) is 65.4 Å². The molecule has 0 amide bonds. The number of hydrogen-bond donors (Lipinski definition) is 2. The van der Waals surface area contributed by atoms with E-state index in [0.29, 0.717) is 27.7 Å². The quantitative estimate of drug-likeness (QED) is 0.222. The topological polar surface area (TPSA) is 80.1 Å². The number of nitrogens with one attached hydrogen (secondary N) is 1. The van der Waals surface area contributed by atoms with Crippen molar-refractivity contribution in [1.29, 1.82) is 0 Å². The second kappa shape index (κ2) is 9.96. The molecule has 8 heteroatoms. The van der Waals surface area contributed by atoms with Crippen LogP contribution in [0.15, 0.2) is 67.0 Å². The van der Waals surface area contributed by atoms with Gasteiger partial charge in [0.2, 0.25) is 0 Å². The highest BCUT2D eigenvalue weighted by Crippen LogP contribution is 2.33. The molecular formula is C29H25Cl2N3O3. The molecule has 2 aromatic heterocycles. The minimum Gasteiger partial charge on any atom is -0.487 e. The third-order valence-electron chi connectivity index (χ3n) is 6.47. The van der Waals surface area contributed by atoms with Gasteiger partial charge in [-0.25, -0.2) is 9.48 Å². The lowest BCUT2D eigenvalue weighted by molar-refractivity contribution is 0.0699. The Kier molecular flexibility index (Phi) is 6.71. The minimum atomic E-state index is -0.949. The number of benzene rings is 3. The zero-order chi connectivity index (χ0) is 26.3. The van der Waals surface area contributed by atoms with Crippen LogP contribution in [0.5, 0.6) is 5.75 Å². The van der Waals surface area contributed by atoms with Gasteiger partial charge in [-0.2, -0.15) is 5.10 Å². The molecule has 0 radical (unpaired) electrons. The highest BCUT2D eigenvalue weighted by atomic mass is 35.5. The molecule has 6 nitrogen and oxygen atoms in total. The Labute approximate surface area is 224 Å². The predicted octanol–water partition coefficient (Wildman–Crippen LogP) is 8.04. The maximum Gasteiger partial charge on any atom is 0.337 e. The predicted molar refractivity (Wildman–Crippen MR) is 147 cm³/mol. The Morgan fingerprint density at radius 3 is 2.54 bits per heavy atom. The normalized spacial score (nSPS) is 11.4. The Balaban J connectivity index is 1.43. The van der Waals surface area contributed by atoms with Gasteiger partial charge in [-0.3, -0.25) is 0 Å². The molecule has 0 unspecified atom stereocenters. The summed E-state index contributed by atoms with van der Waals surface area (Å²) in [7, 11) is 0. The monoisotopic (exact) mass is 533 g/mol. The lowest BCUT2D eigenvalue weighted by atomic mass is 9.99. The zero-order valence-electron chi connectivity index (χ0n) is 20.5. The molecule has 5 aromatic rings. The number of hydrogen-bond acceptors (Lipinski definition) is 3. The van der Waals surface area contributed by atoms with Gasteiger partial charge >= 0.3 is 5.97 Å². The van der Waals surface area contributed by atoms with Gasteiger partial charge in [-0.1, -0.05) is 61.3 Å². The third-order valence-corrected chi connectivity index (χ3v) is 7.08. The number of carboxylic acids is 1. The first kappa shape index (κ1) is 24.9. The number of aromatic amines is 1. The Morgan fingerprint density at radius 2 is 1.86 bits per heavy atom. The molecule has 2 N–H and O–H groups in total. The highest BCUT2D eigenvalue weighted by Gasteiger charge is 2.19. The number of halogens is 2. The van der Waals surface area contributed by atoms with E-state index < -0.39 is 5.97 Å². The number of fused-ring (bicyclic) bond motifs is 1. The van der Waals surface area contributed by atoms with Gasteiger partial charge < -0.3 is 14.8 Å². The van der Waals surface area contributed by atoms with Crippen molar-refractivity contribution in [2.75, 3.05) is 0 Å². The van der Waals surface area contributed by atoms with Gasteiger partial charge in [0.25, 0.3) is 0 Å². The number of rotatable bonds is 7. The van der Waals surface area contributed by atoms with Crippen LogP contribution in [0.2, 0.25) is 10.0 Å². The summed E-state index contributed by atoms with van der Waals surface area (Å²) in [5.74, 6) is 0.0146. The number of nitrogens with zero attached hydrogens (tertiary/aromatic N) is 2. The molecule has 0 saturated carbocycles. The van der Waals surface area contributed by atoms with Crippen LogP contribution in [0.1, 0.15) is 46.9 Å². The van der Waals surface area contributed by atoms with Crippen molar-refractivity contribution >= 4 is 40.1 Å². The van der Waals surface area contributed by atoms with Crippen molar-refractivity contribution in [3.63, 3.8) is 0 Å². The van der Waals surface area contributed by atoms with Crippen LogP contribution in [0.4, 0.5) is 0 Å². The van der Waals surface area contributed by atoms with E-state index in [0.717, 1.165) is 39.2 Å². The van der Waals surface area contributed by atoms with Crippen LogP contribution in [0.3, 0.4) is 0 Å². The van der Waals surface area contributed by atoms with Crippen LogP contribution in [0, 0.1) is 6.92 Å². The Bertz CT molecular complexity index is 1610. The Hall–Kier alpha value is -3.74. The fourth-order valence-electron chi connectivity index (χ4n) is 4.57. The molecule has 188 valence electrons. The SMILES string of the molecule is Cc1cc(OCc2c(C(C)C)cnn2-c2c(Cl)cccc2Cl)ccc1-c1ccc2c(C(=O)O)c[nH]c2c1. The number of para-hydroxylation sites is 1. The lowest BCUT2D eigenvalue weighted by Crippen LogP contribution is -2.09. The van der Waals surface area contributed by atoms with Crippen molar-refractivity contribution in [2.45, 2.75) is 33.3 Å². The molecular weight excluding hydrogens is 509 g/mol. The van der Waals surface area contributed by atoms with E-state index in [1.807, 2.05) is 49.5 Å². The smallest absolute Gasteiger partial charge is 0.337 e. The summed E-state index contributed by atoms with van der Waals surface area (Å²) < 4.78 is 8.00. The number of aromatic carboxylic acids is 1. The highest BCUT2D eigenvalue weighted by molar-refractivity contribution is 6.37. The van der Waals surface area contributed by atoms with Crippen LogP contribution in [-0.4, -0.2) is 25.8 Å². The molecule has 5 rings (SSSR count). The second-order valence-corrected chi connectivity index (χ2v) is 10.0. The van der Waals surface area contributed by atoms with E-state index in [-0.39, 0.29) is 11.5 Å². The first-order valence-corrected chi connectivity index (χ1v) is 12.6. The molecule has 37 heavy (non-hydrogen) atoms. The first-order chi connectivity index (χ1) is 17.7. The van der Waals surface area contributed by atoms with E-state index in [4.69, 9.17) is 27.9 Å². The Morgan fingerprint density at radius 1 is 1.11 bits per heavy atom. The summed E-state index contributed by atoms with van der Waals surface area (Å²) in [6.07, 6.45) is 3.36. The maximum atomic E-state index is 11.4. The molecule has 0 spiro atoms. The molecule has 0 bridgehead atoms. The molecule has 3 aromatic carbocycles. The third kappa shape index (κ3) is 4.70. The summed E-state index contributed by atoms with van der Waals surface area (Å²) in [6.45, 7) is 6.54. The molecule has 0 aliphatic rings. The van der Waals surface area contributed by atoms with Crippen molar-refractivity contribution in [3.05, 3.63) is 99.4 Å². The summed E-state index contributed by atoms with van der Waals surface area (Å²) in [5, 5.41) is 15.7. The molecule has 0 aliphatic carbocycles. The van der Waals surface area contributed by atoms with E-state index in [2.05, 4.69) is 23.9 Å². The summed E-state index contributed by atoms with van der Waals surface area (Å²) in [4.78, 5) is 14.5. The summed E-state index contributed by atoms with van der Waals surface area (Å²) in [6, 6.07) is 17.1. The average molecular weight is 534 g/mol. The van der Waals surface area contributed by atoms with Crippen LogP contribution < -0.4 is 4.74 Å². The van der Waals surface area contributed by atoms with Crippen molar-refractivity contribution < 1.29 is 14.6 Å². The standard InChI is InChI=1S/C29H25Cl2N3O3/c1-16(2)22-14-33-34(28-24(30)5-4-6-25(28)31)27(22)15-37-19-8-10-20(17(3)11-19)18-7-9-21-23(29(35)36)13-32-26(21)12-18/h4-14,16,32H,15H2,1-3H3,(H,35,36). The first-order valence-electron chi connectivity index (χ1n) is 11.8. The molecule has 0 aliphatic heterocycles. The van der Waals surface area contributed by atoms with Gasteiger partial charge in [0, 0.05) is 17.1 Å². The van der Waals surface area contributed by atoms with E-state index in [1.54, 1.807) is 22.9 Å². The number of carboxylic acid groups (broad SMARTS) is 1. The largest absolute Gasteiger partial charge is 0.487 e. The van der Waals surface area contributed by atoms with Crippen molar-refractivity contribution in [1.82, 2.24) is 14.8 Å². The van der Waals surface area contributed by atoms with E-state index >= 15 is 0 Å². The second-order valence-electron chi connectivity index (χ2n) is 9.22. The van der Waals surface area contributed by atoms with Crippen molar-refractivity contribution in [2.24, 2.45) is 0 Å². The number of aromatic nitrogens is 3. The van der Waals surface area contributed by atoms with E-state index in [1.165, 1.54) is 6.20 Å².